The van der Waals surface area contributed by atoms with Crippen molar-refractivity contribution in [1.29, 1.82) is 0 Å². The highest BCUT2D eigenvalue weighted by atomic mass is 35.5. The summed E-state index contributed by atoms with van der Waals surface area (Å²) in [6.07, 6.45) is 0.411. The Kier molecular flexibility index (Phi) is 8.39. The van der Waals surface area contributed by atoms with Gasteiger partial charge in [-0.3, -0.25) is 23.5 Å². The van der Waals surface area contributed by atoms with E-state index in [1.165, 1.54) is 20.4 Å². The van der Waals surface area contributed by atoms with Gasteiger partial charge >= 0.3 is 7.82 Å². The number of halogens is 1. The number of rotatable bonds is 9. The third-order valence-electron chi connectivity index (χ3n) is 6.62. The molecule has 11 nitrogen and oxygen atoms in total. The first-order valence-corrected chi connectivity index (χ1v) is 14.2. The average molecular weight is 578 g/mol. The van der Waals surface area contributed by atoms with Gasteiger partial charge in [-0.1, -0.05) is 23.7 Å². The van der Waals surface area contributed by atoms with Crippen molar-refractivity contribution in [1.82, 2.24) is 14.8 Å². The highest BCUT2D eigenvalue weighted by molar-refractivity contribution is 7.48. The normalized spacial score (nSPS) is 17.7. The van der Waals surface area contributed by atoms with Gasteiger partial charge in [0.15, 0.2) is 0 Å². The molecule has 1 fully saturated rings. The summed E-state index contributed by atoms with van der Waals surface area (Å²) in [5.74, 6) is -0.153. The van der Waals surface area contributed by atoms with Gasteiger partial charge in [-0.2, -0.15) is 0 Å². The second-order valence-corrected chi connectivity index (χ2v) is 11.4. The van der Waals surface area contributed by atoms with Crippen LogP contribution in [0.15, 0.2) is 47.4 Å². The number of pyridine rings is 1. The molecule has 5 rings (SSSR count). The van der Waals surface area contributed by atoms with E-state index in [0.717, 1.165) is 24.2 Å². The number of ether oxygens (including phenoxy) is 2. The lowest BCUT2D eigenvalue weighted by molar-refractivity contribution is -0.0381. The first-order valence-electron chi connectivity index (χ1n) is 12.4. The molecule has 3 heterocycles. The Morgan fingerprint density at radius 3 is 2.54 bits per heavy atom. The van der Waals surface area contributed by atoms with Gasteiger partial charge in [-0.25, -0.2) is 9.09 Å². The Balaban J connectivity index is 1.51. The first kappa shape index (κ1) is 27.8. The first-order chi connectivity index (χ1) is 18.8. The maximum atomic E-state index is 13.6. The van der Waals surface area contributed by atoms with Gasteiger partial charge in [0.25, 0.3) is 5.91 Å². The fraction of sp³-hybridized carbons (Fsp3) is 0.385. The van der Waals surface area contributed by atoms with Crippen LogP contribution in [0.3, 0.4) is 0 Å². The van der Waals surface area contributed by atoms with Crippen molar-refractivity contribution in [2.75, 3.05) is 40.5 Å². The molecule has 0 aliphatic carbocycles. The maximum absolute atomic E-state index is 13.6. The Morgan fingerprint density at radius 2 is 1.85 bits per heavy atom. The van der Waals surface area contributed by atoms with Crippen molar-refractivity contribution in [3.8, 4) is 5.75 Å². The van der Waals surface area contributed by atoms with Crippen molar-refractivity contribution in [3.05, 3.63) is 74.5 Å². The van der Waals surface area contributed by atoms with E-state index >= 15 is 0 Å². The molecular formula is C26H29ClN3O8P. The minimum absolute atomic E-state index is 0.0340. The van der Waals surface area contributed by atoms with Crippen LogP contribution in [0, 0.1) is 0 Å². The topological polar surface area (TPSA) is 118 Å². The molecule has 1 unspecified atom stereocenters. The second-order valence-electron chi connectivity index (χ2n) is 9.18. The number of nitrogens with zero attached hydrogens (tertiary/aromatic N) is 2. The molecule has 2 aliphatic rings. The van der Waals surface area contributed by atoms with Crippen LogP contribution in [0.1, 0.15) is 21.5 Å². The molecule has 1 aromatic heterocycles. The quantitative estimate of drug-likeness (QED) is 0.381. The summed E-state index contributed by atoms with van der Waals surface area (Å²) >= 11 is 5.95. The maximum Gasteiger partial charge on any atom is 0.477 e. The van der Waals surface area contributed by atoms with Crippen molar-refractivity contribution >= 4 is 36.2 Å². The van der Waals surface area contributed by atoms with Gasteiger partial charge < -0.3 is 19.4 Å². The Hall–Kier alpha value is -2.76. The minimum atomic E-state index is -3.88. The summed E-state index contributed by atoms with van der Waals surface area (Å²) in [5, 5.41) is 3.74. The molecule has 3 aromatic rings. The van der Waals surface area contributed by atoms with Crippen molar-refractivity contribution in [3.63, 3.8) is 0 Å². The highest BCUT2D eigenvalue weighted by Gasteiger charge is 2.33. The minimum Gasteiger partial charge on any atom is -0.460 e. The van der Waals surface area contributed by atoms with Crippen LogP contribution >= 0.6 is 19.4 Å². The number of hydrogen-bond acceptors (Lipinski definition) is 9. The number of benzene rings is 2. The SMILES string of the molecule is COP(=O)(OC)OC1Cn2cc(C(=O)NCc3ccc(Cl)cc3)c(=O)c3cc(CN4CCOCC4)cc(c32)O1. The number of hydrogen-bond donors (Lipinski definition) is 1. The molecule has 0 bridgehead atoms. The van der Waals surface area contributed by atoms with Gasteiger partial charge in [0.05, 0.1) is 30.7 Å². The van der Waals surface area contributed by atoms with Crippen LogP contribution in [0.4, 0.5) is 0 Å². The molecule has 2 aromatic carbocycles. The number of phosphoric acid groups is 1. The molecule has 13 heteroatoms. The summed E-state index contributed by atoms with van der Waals surface area (Å²) in [6, 6.07) is 10.7. The zero-order chi connectivity index (χ0) is 27.6. The standard InChI is InChI=1S/C26H29ClN3O8P/c1-34-39(33,35-2)38-23-16-30-15-21(26(32)28-13-17-3-5-19(27)6-4-17)25(31)20-11-18(12-22(37-23)24(20)30)14-29-7-9-36-10-8-29/h3-6,11-12,15,23H,7-10,13-14,16H2,1-2H3,(H,28,32). The third kappa shape index (κ3) is 6.20. The van der Waals surface area contributed by atoms with Gasteiger partial charge in [0.1, 0.15) is 11.3 Å². The van der Waals surface area contributed by atoms with E-state index in [-0.39, 0.29) is 18.7 Å². The van der Waals surface area contributed by atoms with Crippen molar-refractivity contribution in [2.45, 2.75) is 25.9 Å². The van der Waals surface area contributed by atoms with E-state index in [1.54, 1.807) is 34.9 Å². The smallest absolute Gasteiger partial charge is 0.460 e. The molecule has 1 saturated heterocycles. The molecule has 0 radical (unpaired) electrons. The number of carbonyl (C=O) groups excluding carboxylic acids is 1. The fourth-order valence-electron chi connectivity index (χ4n) is 4.64. The van der Waals surface area contributed by atoms with Crippen molar-refractivity contribution < 1.29 is 32.4 Å². The number of phosphoric ester groups is 1. The summed E-state index contributed by atoms with van der Waals surface area (Å²) in [4.78, 5) is 29.0. The molecule has 2 aliphatic heterocycles. The van der Waals surface area contributed by atoms with E-state index in [1.807, 2.05) is 6.07 Å². The van der Waals surface area contributed by atoms with Crippen molar-refractivity contribution in [2.24, 2.45) is 0 Å². The predicted octanol–water partition coefficient (Wildman–Crippen LogP) is 3.55. The monoisotopic (exact) mass is 577 g/mol. The number of morpholine rings is 1. The lowest BCUT2D eigenvalue weighted by Gasteiger charge is -2.31. The number of carbonyl (C=O) groups is 1. The average Bonchev–Trinajstić information content (AvgIpc) is 2.94. The molecule has 1 atom stereocenters. The fourth-order valence-corrected chi connectivity index (χ4v) is 5.49. The second kappa shape index (κ2) is 11.8. The summed E-state index contributed by atoms with van der Waals surface area (Å²) in [5.41, 5.74) is 1.73. The zero-order valence-electron chi connectivity index (χ0n) is 21.6. The zero-order valence-corrected chi connectivity index (χ0v) is 23.2. The van der Waals surface area contributed by atoms with Crippen LogP contribution < -0.4 is 15.5 Å². The van der Waals surface area contributed by atoms with Crippen LogP contribution in [0.2, 0.25) is 5.02 Å². The van der Waals surface area contributed by atoms with Crippen LogP contribution in [-0.2, 0) is 42.5 Å². The van der Waals surface area contributed by atoms with E-state index < -0.39 is 25.4 Å². The molecule has 0 spiro atoms. The van der Waals surface area contributed by atoms with Crippen LogP contribution in [0.25, 0.3) is 10.9 Å². The van der Waals surface area contributed by atoms with E-state index in [0.29, 0.717) is 41.4 Å². The predicted molar refractivity (Wildman–Crippen MR) is 144 cm³/mol. The summed E-state index contributed by atoms with van der Waals surface area (Å²) < 4.78 is 41.2. The van der Waals surface area contributed by atoms with Gasteiger partial charge in [-0.05, 0) is 35.4 Å². The van der Waals surface area contributed by atoms with Gasteiger partial charge in [0, 0.05) is 51.6 Å². The Morgan fingerprint density at radius 1 is 1.13 bits per heavy atom. The van der Waals surface area contributed by atoms with E-state index in [9.17, 15) is 14.2 Å². The Labute approximate surface area is 230 Å². The summed E-state index contributed by atoms with van der Waals surface area (Å²) in [6.45, 7) is 3.57. The molecule has 39 heavy (non-hydrogen) atoms. The molecular weight excluding hydrogens is 549 g/mol. The van der Waals surface area contributed by atoms with E-state index in [2.05, 4.69) is 10.2 Å². The van der Waals surface area contributed by atoms with Gasteiger partial charge in [0.2, 0.25) is 11.7 Å². The number of aromatic nitrogens is 1. The summed E-state index contributed by atoms with van der Waals surface area (Å²) in [7, 11) is -1.46. The lowest BCUT2D eigenvalue weighted by atomic mass is 10.0. The largest absolute Gasteiger partial charge is 0.477 e. The molecule has 208 valence electrons. The van der Waals surface area contributed by atoms with E-state index in [4.69, 9.17) is 34.6 Å². The van der Waals surface area contributed by atoms with Crippen LogP contribution in [-0.4, -0.2) is 62.2 Å². The number of nitrogens with one attached hydrogen (secondary N) is 1. The van der Waals surface area contributed by atoms with Gasteiger partial charge in [-0.15, -0.1) is 0 Å². The molecule has 1 amide bonds. The third-order valence-corrected chi connectivity index (χ3v) is 8.25. The molecule has 0 saturated carbocycles. The molecule has 1 N–H and O–H groups in total. The highest BCUT2D eigenvalue weighted by Crippen LogP contribution is 2.50. The van der Waals surface area contributed by atoms with Crippen LogP contribution in [0.5, 0.6) is 5.75 Å². The lowest BCUT2D eigenvalue weighted by Crippen LogP contribution is -2.36. The number of amides is 1. The Bertz CT molecular complexity index is 1460.